The van der Waals surface area contributed by atoms with Crippen molar-refractivity contribution in [1.29, 1.82) is 0 Å². The molecule has 5 nitrogen and oxygen atoms in total. The van der Waals surface area contributed by atoms with E-state index >= 15 is 0 Å². The van der Waals surface area contributed by atoms with Crippen LogP contribution in [-0.2, 0) is 10.0 Å². The van der Waals surface area contributed by atoms with Crippen molar-refractivity contribution in [3.05, 3.63) is 10.8 Å². The van der Waals surface area contributed by atoms with Crippen molar-refractivity contribution in [3.8, 4) is 0 Å². The van der Waals surface area contributed by atoms with Crippen LogP contribution in [0.25, 0.3) is 0 Å². The number of carbonyl (C=O) groups is 1. The van der Waals surface area contributed by atoms with Gasteiger partial charge in [-0.05, 0) is 6.42 Å². The fourth-order valence-corrected chi connectivity index (χ4v) is 4.09. The fraction of sp³-hybridized carbons (Fsp3) is 0.375. The molecular formula is C8H10N2O3S2. The standard InChI is InChI=1S/C8H10N2O3S2/c1-2-3-10-8(11)9-6-4-14-5-7(6)15(10,12)13/h4-5H,2-3H2,1H3,(H,9,11). The number of hydrogen-bond donors (Lipinski definition) is 1. The van der Waals surface area contributed by atoms with Gasteiger partial charge in [-0.1, -0.05) is 6.92 Å². The summed E-state index contributed by atoms with van der Waals surface area (Å²) in [6.45, 7) is 2.04. The Labute approximate surface area is 91.8 Å². The number of urea groups is 1. The molecule has 0 saturated carbocycles. The molecule has 15 heavy (non-hydrogen) atoms. The molecule has 0 aromatic carbocycles. The van der Waals surface area contributed by atoms with Gasteiger partial charge < -0.3 is 5.32 Å². The number of carbonyl (C=O) groups excluding carboxylic acids is 1. The van der Waals surface area contributed by atoms with Gasteiger partial charge in [-0.25, -0.2) is 17.5 Å². The molecule has 2 heterocycles. The van der Waals surface area contributed by atoms with Crippen molar-refractivity contribution < 1.29 is 13.2 Å². The Morgan fingerprint density at radius 3 is 2.87 bits per heavy atom. The number of nitrogens with one attached hydrogen (secondary N) is 1. The van der Waals surface area contributed by atoms with Crippen molar-refractivity contribution in [2.75, 3.05) is 11.9 Å². The van der Waals surface area contributed by atoms with Gasteiger partial charge in [-0.2, -0.15) is 0 Å². The third kappa shape index (κ3) is 1.51. The van der Waals surface area contributed by atoms with Gasteiger partial charge >= 0.3 is 6.03 Å². The van der Waals surface area contributed by atoms with Crippen LogP contribution in [0.4, 0.5) is 10.5 Å². The van der Waals surface area contributed by atoms with Gasteiger partial charge in [0.05, 0.1) is 5.69 Å². The Bertz CT molecular complexity index is 492. The van der Waals surface area contributed by atoms with Crippen molar-refractivity contribution in [1.82, 2.24) is 4.31 Å². The summed E-state index contributed by atoms with van der Waals surface area (Å²) in [7, 11) is -3.62. The molecule has 7 heteroatoms. The summed E-state index contributed by atoms with van der Waals surface area (Å²) in [5.41, 5.74) is 0.386. The molecule has 1 N–H and O–H groups in total. The van der Waals surface area contributed by atoms with Crippen molar-refractivity contribution >= 4 is 33.1 Å². The molecule has 2 rings (SSSR count). The molecule has 1 aliphatic heterocycles. The van der Waals surface area contributed by atoms with Gasteiger partial charge in [0.1, 0.15) is 4.90 Å². The van der Waals surface area contributed by atoms with Crippen LogP contribution in [0.1, 0.15) is 13.3 Å². The topological polar surface area (TPSA) is 66.5 Å². The van der Waals surface area contributed by atoms with E-state index in [1.807, 2.05) is 6.92 Å². The monoisotopic (exact) mass is 246 g/mol. The Morgan fingerprint density at radius 2 is 2.20 bits per heavy atom. The van der Waals surface area contributed by atoms with Gasteiger partial charge in [-0.3, -0.25) is 0 Å². The molecule has 0 aliphatic carbocycles. The molecule has 1 aromatic rings. The average Bonchev–Trinajstić information content (AvgIpc) is 2.61. The van der Waals surface area contributed by atoms with Crippen LogP contribution >= 0.6 is 11.3 Å². The van der Waals surface area contributed by atoms with Crippen LogP contribution in [-0.4, -0.2) is 25.3 Å². The first-order valence-corrected chi connectivity index (χ1v) is 6.85. The minimum Gasteiger partial charge on any atom is -0.305 e. The van der Waals surface area contributed by atoms with Crippen molar-refractivity contribution in [2.45, 2.75) is 18.2 Å². The summed E-state index contributed by atoms with van der Waals surface area (Å²) >= 11 is 1.26. The van der Waals surface area contributed by atoms with Crippen molar-refractivity contribution in [3.63, 3.8) is 0 Å². The second-order valence-corrected chi connectivity index (χ2v) is 5.73. The summed E-state index contributed by atoms with van der Waals surface area (Å²) in [5, 5.41) is 5.70. The highest BCUT2D eigenvalue weighted by Crippen LogP contribution is 2.32. The molecule has 0 atom stereocenters. The zero-order valence-electron chi connectivity index (χ0n) is 8.06. The maximum Gasteiger partial charge on any atom is 0.335 e. The Kier molecular flexibility index (Phi) is 2.43. The first-order valence-electron chi connectivity index (χ1n) is 4.47. The first-order chi connectivity index (χ1) is 7.07. The van der Waals surface area contributed by atoms with Crippen LogP contribution in [0.3, 0.4) is 0 Å². The lowest BCUT2D eigenvalue weighted by Crippen LogP contribution is -2.43. The highest BCUT2D eigenvalue weighted by Gasteiger charge is 2.36. The van der Waals surface area contributed by atoms with E-state index in [0.717, 1.165) is 4.31 Å². The lowest BCUT2D eigenvalue weighted by molar-refractivity contribution is 0.235. The molecule has 1 aliphatic rings. The summed E-state index contributed by atoms with van der Waals surface area (Å²) in [5.74, 6) is 0. The van der Waals surface area contributed by atoms with E-state index in [0.29, 0.717) is 12.1 Å². The van der Waals surface area contributed by atoms with Crippen LogP contribution in [0, 0.1) is 0 Å². The van der Waals surface area contributed by atoms with Gasteiger partial charge in [-0.15, -0.1) is 11.3 Å². The Balaban J connectivity index is 2.52. The predicted molar refractivity (Wildman–Crippen MR) is 57.5 cm³/mol. The molecule has 0 unspecified atom stereocenters. The highest BCUT2D eigenvalue weighted by atomic mass is 32.2. The summed E-state index contributed by atoms with van der Waals surface area (Å²) in [6, 6.07) is -0.567. The minimum atomic E-state index is -3.62. The molecule has 0 saturated heterocycles. The highest BCUT2D eigenvalue weighted by molar-refractivity contribution is 7.90. The average molecular weight is 246 g/mol. The summed E-state index contributed by atoms with van der Waals surface area (Å²) in [6.07, 6.45) is 0.603. The maximum absolute atomic E-state index is 11.9. The summed E-state index contributed by atoms with van der Waals surface area (Å²) < 4.78 is 24.8. The van der Waals surface area contributed by atoms with Crippen LogP contribution in [0.15, 0.2) is 15.7 Å². The van der Waals surface area contributed by atoms with Crippen LogP contribution in [0.2, 0.25) is 0 Å². The Hall–Kier alpha value is -1.08. The fourth-order valence-electron chi connectivity index (χ4n) is 1.41. The van der Waals surface area contributed by atoms with E-state index in [4.69, 9.17) is 0 Å². The normalized spacial score (nSPS) is 18.5. The lowest BCUT2D eigenvalue weighted by Gasteiger charge is -2.26. The predicted octanol–water partition coefficient (Wildman–Crippen LogP) is 1.69. The zero-order valence-corrected chi connectivity index (χ0v) is 9.69. The largest absolute Gasteiger partial charge is 0.335 e. The molecule has 2 amide bonds. The lowest BCUT2D eigenvalue weighted by atomic mass is 10.5. The van der Waals surface area contributed by atoms with Gasteiger partial charge in [0.25, 0.3) is 10.0 Å². The maximum atomic E-state index is 11.9. The SMILES string of the molecule is CCCN1C(=O)Nc2cscc2S1(=O)=O. The zero-order chi connectivity index (χ0) is 11.1. The molecule has 0 spiro atoms. The second-order valence-electron chi connectivity index (χ2n) is 3.16. The van der Waals surface area contributed by atoms with E-state index in [-0.39, 0.29) is 11.4 Å². The number of rotatable bonds is 2. The number of fused-ring (bicyclic) bond motifs is 1. The van der Waals surface area contributed by atoms with Crippen molar-refractivity contribution in [2.24, 2.45) is 0 Å². The third-order valence-corrected chi connectivity index (χ3v) is 4.80. The number of nitrogens with zero attached hydrogens (tertiary/aromatic N) is 1. The van der Waals surface area contributed by atoms with Crippen LogP contribution in [0.5, 0.6) is 0 Å². The number of amides is 2. The van der Waals surface area contributed by atoms with E-state index in [1.54, 1.807) is 5.38 Å². The van der Waals surface area contributed by atoms with E-state index in [1.165, 1.54) is 16.7 Å². The second kappa shape index (κ2) is 3.49. The van der Waals surface area contributed by atoms with Gasteiger partial charge in [0.15, 0.2) is 0 Å². The molecule has 0 radical (unpaired) electrons. The minimum absolute atomic E-state index is 0.195. The molecule has 82 valence electrons. The van der Waals surface area contributed by atoms with E-state index < -0.39 is 16.1 Å². The Morgan fingerprint density at radius 1 is 1.47 bits per heavy atom. The first kappa shape index (κ1) is 10.4. The van der Waals surface area contributed by atoms with E-state index in [2.05, 4.69) is 5.32 Å². The smallest absolute Gasteiger partial charge is 0.305 e. The number of hydrogen-bond acceptors (Lipinski definition) is 4. The third-order valence-electron chi connectivity index (χ3n) is 2.09. The molecule has 0 bridgehead atoms. The number of anilines is 1. The molecular weight excluding hydrogens is 236 g/mol. The van der Waals surface area contributed by atoms with Gasteiger partial charge in [0, 0.05) is 17.3 Å². The quantitative estimate of drug-likeness (QED) is 0.863. The summed E-state index contributed by atoms with van der Waals surface area (Å²) in [4.78, 5) is 11.7. The molecule has 0 fully saturated rings. The van der Waals surface area contributed by atoms with E-state index in [9.17, 15) is 13.2 Å². The van der Waals surface area contributed by atoms with Gasteiger partial charge in [0.2, 0.25) is 0 Å². The number of thiophene rings is 1. The van der Waals surface area contributed by atoms with Crippen LogP contribution < -0.4 is 5.32 Å². The number of sulfonamides is 1. The molecule has 1 aromatic heterocycles.